The second kappa shape index (κ2) is 7.70. The Kier molecular flexibility index (Phi) is 5.38. The number of rotatable bonds is 4. The molecule has 2 aromatic rings. The number of methoxy groups -OCH3 is 2. The van der Waals surface area contributed by atoms with Crippen molar-refractivity contribution >= 4 is 23.5 Å². The van der Waals surface area contributed by atoms with Crippen LogP contribution in [0, 0.1) is 6.92 Å². The molecular formula is C19H22N2O3S. The second-order valence-electron chi connectivity index (χ2n) is 5.81. The number of nitrogens with zero attached hydrogens (tertiary/aromatic N) is 1. The van der Waals surface area contributed by atoms with E-state index in [9.17, 15) is 4.79 Å². The fourth-order valence-corrected chi connectivity index (χ4v) is 4.06. The Bertz CT molecular complexity index is 744. The predicted octanol–water partition coefficient (Wildman–Crippen LogP) is 4.29. The number of ether oxygens (including phenoxy) is 2. The standard InChI is InChI=1S/C19H22N2O3S/c1-13-6-4-5-7-17(13)20-19(22)21-8-9-25-18(21)14-10-15(23-2)12-16(11-14)24-3/h4-7,10-12,18H,8-9H2,1-3H3,(H,20,22)/t18-/m0/s1. The van der Waals surface area contributed by atoms with Crippen LogP contribution in [0.4, 0.5) is 10.5 Å². The van der Waals surface area contributed by atoms with Crippen LogP contribution in [0.25, 0.3) is 0 Å². The molecule has 25 heavy (non-hydrogen) atoms. The van der Waals surface area contributed by atoms with Gasteiger partial charge in [0, 0.05) is 24.1 Å². The van der Waals surface area contributed by atoms with Crippen LogP contribution in [0.15, 0.2) is 42.5 Å². The summed E-state index contributed by atoms with van der Waals surface area (Å²) in [6.45, 7) is 2.69. The summed E-state index contributed by atoms with van der Waals surface area (Å²) in [4.78, 5) is 14.7. The van der Waals surface area contributed by atoms with Gasteiger partial charge in [-0.1, -0.05) is 18.2 Å². The van der Waals surface area contributed by atoms with Gasteiger partial charge in [0.05, 0.1) is 14.2 Å². The van der Waals surface area contributed by atoms with Crippen LogP contribution in [-0.2, 0) is 0 Å². The molecule has 1 heterocycles. The molecule has 0 spiro atoms. The summed E-state index contributed by atoms with van der Waals surface area (Å²) in [6, 6.07) is 13.4. The molecule has 6 heteroatoms. The minimum Gasteiger partial charge on any atom is -0.497 e. The first-order chi connectivity index (χ1) is 12.1. The van der Waals surface area contributed by atoms with Crippen molar-refractivity contribution in [2.75, 3.05) is 31.8 Å². The van der Waals surface area contributed by atoms with Crippen molar-refractivity contribution in [1.29, 1.82) is 0 Å². The largest absolute Gasteiger partial charge is 0.497 e. The Morgan fingerprint density at radius 3 is 2.48 bits per heavy atom. The molecule has 0 aromatic heterocycles. The van der Waals surface area contributed by atoms with E-state index in [1.54, 1.807) is 26.0 Å². The summed E-state index contributed by atoms with van der Waals surface area (Å²) in [5.41, 5.74) is 2.88. The zero-order valence-electron chi connectivity index (χ0n) is 14.6. The van der Waals surface area contributed by atoms with Crippen LogP contribution in [0.3, 0.4) is 0 Å². The van der Waals surface area contributed by atoms with E-state index in [4.69, 9.17) is 9.47 Å². The van der Waals surface area contributed by atoms with Crippen LogP contribution in [-0.4, -0.2) is 37.4 Å². The van der Waals surface area contributed by atoms with Crippen molar-refractivity contribution in [2.45, 2.75) is 12.3 Å². The molecule has 1 N–H and O–H groups in total. The van der Waals surface area contributed by atoms with Gasteiger partial charge in [-0.3, -0.25) is 0 Å². The van der Waals surface area contributed by atoms with E-state index in [-0.39, 0.29) is 11.4 Å². The topological polar surface area (TPSA) is 50.8 Å². The molecule has 1 aliphatic heterocycles. The van der Waals surface area contributed by atoms with Crippen molar-refractivity contribution in [3.63, 3.8) is 0 Å². The Balaban J connectivity index is 1.83. The minimum absolute atomic E-state index is 0.0620. The van der Waals surface area contributed by atoms with Crippen LogP contribution in [0.1, 0.15) is 16.5 Å². The van der Waals surface area contributed by atoms with Gasteiger partial charge in [-0.25, -0.2) is 4.79 Å². The van der Waals surface area contributed by atoms with Crippen molar-refractivity contribution in [3.05, 3.63) is 53.6 Å². The second-order valence-corrected chi connectivity index (χ2v) is 7.00. The Hall–Kier alpha value is -2.34. The van der Waals surface area contributed by atoms with Gasteiger partial charge in [-0.15, -0.1) is 11.8 Å². The molecule has 2 amide bonds. The molecule has 0 radical (unpaired) electrons. The van der Waals surface area contributed by atoms with E-state index in [2.05, 4.69) is 5.32 Å². The van der Waals surface area contributed by atoms with Gasteiger partial charge < -0.3 is 19.7 Å². The van der Waals surface area contributed by atoms with Gasteiger partial charge in [-0.2, -0.15) is 0 Å². The number of hydrogen-bond acceptors (Lipinski definition) is 4. The van der Waals surface area contributed by atoms with Gasteiger partial charge in [-0.05, 0) is 36.2 Å². The zero-order chi connectivity index (χ0) is 17.8. The number of amides is 2. The molecule has 1 fully saturated rings. The maximum absolute atomic E-state index is 12.8. The average Bonchev–Trinajstić information content (AvgIpc) is 3.13. The van der Waals surface area contributed by atoms with E-state index < -0.39 is 0 Å². The summed E-state index contributed by atoms with van der Waals surface area (Å²) in [6.07, 6.45) is 0. The lowest BCUT2D eigenvalue weighted by atomic mass is 10.1. The molecule has 5 nitrogen and oxygen atoms in total. The lowest BCUT2D eigenvalue weighted by Gasteiger charge is -2.25. The number of nitrogens with one attached hydrogen (secondary N) is 1. The number of aryl methyl sites for hydroxylation is 1. The van der Waals surface area contributed by atoms with Crippen LogP contribution >= 0.6 is 11.8 Å². The summed E-state index contributed by atoms with van der Waals surface area (Å²) < 4.78 is 10.7. The molecule has 0 saturated carbocycles. The average molecular weight is 358 g/mol. The lowest BCUT2D eigenvalue weighted by molar-refractivity contribution is 0.214. The van der Waals surface area contributed by atoms with E-state index in [0.29, 0.717) is 6.54 Å². The fourth-order valence-electron chi connectivity index (χ4n) is 2.83. The van der Waals surface area contributed by atoms with Crippen LogP contribution in [0.5, 0.6) is 11.5 Å². The molecular weight excluding hydrogens is 336 g/mol. The molecule has 132 valence electrons. The van der Waals surface area contributed by atoms with Crippen molar-refractivity contribution < 1.29 is 14.3 Å². The molecule has 0 aliphatic carbocycles. The lowest BCUT2D eigenvalue weighted by Crippen LogP contribution is -2.34. The molecule has 1 atom stereocenters. The number of para-hydroxylation sites is 1. The van der Waals surface area contributed by atoms with Gasteiger partial charge in [0.25, 0.3) is 0 Å². The third-order valence-electron chi connectivity index (χ3n) is 4.20. The molecule has 3 rings (SSSR count). The molecule has 1 saturated heterocycles. The quantitative estimate of drug-likeness (QED) is 0.886. The molecule has 2 aromatic carbocycles. The summed E-state index contributed by atoms with van der Waals surface area (Å²) >= 11 is 1.74. The van der Waals surface area contributed by atoms with Crippen LogP contribution < -0.4 is 14.8 Å². The SMILES string of the molecule is COc1cc(OC)cc([C@@H]2SCCN2C(=O)Nc2ccccc2C)c1. The number of carbonyl (C=O) groups is 1. The molecule has 1 aliphatic rings. The van der Waals surface area contributed by atoms with Crippen molar-refractivity contribution in [3.8, 4) is 11.5 Å². The number of hydrogen-bond donors (Lipinski definition) is 1. The Labute approximate surface area is 152 Å². The highest BCUT2D eigenvalue weighted by molar-refractivity contribution is 7.99. The first kappa shape index (κ1) is 17.5. The number of carbonyl (C=O) groups excluding carboxylic acids is 1. The van der Waals surface area contributed by atoms with E-state index in [0.717, 1.165) is 34.1 Å². The predicted molar refractivity (Wildman–Crippen MR) is 102 cm³/mol. The monoisotopic (exact) mass is 358 g/mol. The first-order valence-electron chi connectivity index (χ1n) is 8.10. The Morgan fingerprint density at radius 2 is 1.84 bits per heavy atom. The molecule has 0 bridgehead atoms. The third-order valence-corrected chi connectivity index (χ3v) is 5.46. The fraction of sp³-hybridized carbons (Fsp3) is 0.316. The first-order valence-corrected chi connectivity index (χ1v) is 9.15. The van der Waals surface area contributed by atoms with E-state index >= 15 is 0 Å². The summed E-state index contributed by atoms with van der Waals surface area (Å²) in [5, 5.41) is 2.96. The number of urea groups is 1. The summed E-state index contributed by atoms with van der Waals surface area (Å²) in [7, 11) is 3.26. The number of anilines is 1. The third kappa shape index (κ3) is 3.85. The van der Waals surface area contributed by atoms with Gasteiger partial charge in [0.2, 0.25) is 0 Å². The highest BCUT2D eigenvalue weighted by Gasteiger charge is 2.31. The highest BCUT2D eigenvalue weighted by atomic mass is 32.2. The van der Waals surface area contributed by atoms with E-state index in [1.165, 1.54) is 0 Å². The molecule has 0 unspecified atom stereocenters. The number of thioether (sulfide) groups is 1. The minimum atomic E-state index is -0.0916. The normalized spacial score (nSPS) is 16.6. The van der Waals surface area contributed by atoms with Gasteiger partial charge in [0.15, 0.2) is 0 Å². The van der Waals surface area contributed by atoms with Gasteiger partial charge >= 0.3 is 6.03 Å². The Morgan fingerprint density at radius 1 is 1.16 bits per heavy atom. The zero-order valence-corrected chi connectivity index (χ0v) is 15.4. The number of benzene rings is 2. The maximum atomic E-state index is 12.8. The highest BCUT2D eigenvalue weighted by Crippen LogP contribution is 2.40. The van der Waals surface area contributed by atoms with Crippen LogP contribution in [0.2, 0.25) is 0 Å². The summed E-state index contributed by atoms with van der Waals surface area (Å²) in [5.74, 6) is 2.34. The van der Waals surface area contributed by atoms with Crippen molar-refractivity contribution in [1.82, 2.24) is 4.90 Å². The van der Waals surface area contributed by atoms with Gasteiger partial charge in [0.1, 0.15) is 16.9 Å². The van der Waals surface area contributed by atoms with Crippen molar-refractivity contribution in [2.24, 2.45) is 0 Å². The smallest absolute Gasteiger partial charge is 0.323 e. The van der Waals surface area contributed by atoms with E-state index in [1.807, 2.05) is 54.3 Å². The maximum Gasteiger partial charge on any atom is 0.323 e.